The van der Waals surface area contributed by atoms with Gasteiger partial charge in [-0.25, -0.2) is 14.2 Å². The molecule has 0 radical (unpaired) electrons. The number of fused-ring (bicyclic) bond motifs is 1. The molecule has 1 aromatic heterocycles. The molecule has 1 heterocycles. The van der Waals surface area contributed by atoms with Crippen molar-refractivity contribution in [3.63, 3.8) is 0 Å². The molecule has 0 aliphatic rings. The van der Waals surface area contributed by atoms with Crippen molar-refractivity contribution in [3.8, 4) is 11.8 Å². The fourth-order valence-corrected chi connectivity index (χ4v) is 4.77. The largest absolute Gasteiger partial charge is 0.424 e. The summed E-state index contributed by atoms with van der Waals surface area (Å²) in [6.07, 6.45) is 0. The van der Waals surface area contributed by atoms with Crippen molar-refractivity contribution < 1.29 is 23.5 Å². The maximum absolute atomic E-state index is 14.5. The van der Waals surface area contributed by atoms with Crippen LogP contribution in [0.15, 0.2) is 30.3 Å². The maximum atomic E-state index is 14.5. The number of aryl methyl sites for hydroxylation is 1. The number of hydrogen-bond acceptors (Lipinski definition) is 6. The zero-order valence-corrected chi connectivity index (χ0v) is 27.9. The lowest BCUT2D eigenvalue weighted by molar-refractivity contribution is -0.138. The monoisotopic (exact) mass is 631 g/mol. The summed E-state index contributed by atoms with van der Waals surface area (Å²) in [4.78, 5) is 28.3. The number of carbonyl (C=O) groups is 2. The van der Waals surface area contributed by atoms with Gasteiger partial charge in [-0.15, -0.1) is 0 Å². The average Bonchev–Trinajstić information content (AvgIpc) is 2.86. The van der Waals surface area contributed by atoms with Gasteiger partial charge in [0.1, 0.15) is 29.6 Å². The molecule has 2 atom stereocenters. The fourth-order valence-electron chi connectivity index (χ4n) is 4.20. The first-order chi connectivity index (χ1) is 19.8. The molecule has 3 rings (SSSR count). The van der Waals surface area contributed by atoms with Crippen LogP contribution in [-0.2, 0) is 19.7 Å². The lowest BCUT2D eigenvalue weighted by Crippen LogP contribution is -2.38. The molecular formula is C33H40Cl2FN3O4. The molecule has 3 aromatic rings. The number of aromatic nitrogens is 1. The third-order valence-electron chi connectivity index (χ3n) is 6.86. The van der Waals surface area contributed by atoms with Gasteiger partial charge in [-0.05, 0) is 67.0 Å². The number of esters is 1. The second kappa shape index (κ2) is 14.5. The summed E-state index contributed by atoms with van der Waals surface area (Å²) in [7, 11) is 1.42. The van der Waals surface area contributed by atoms with E-state index < -0.39 is 23.1 Å². The van der Waals surface area contributed by atoms with Crippen LogP contribution in [0.2, 0.25) is 10.0 Å². The van der Waals surface area contributed by atoms with Crippen molar-refractivity contribution in [2.45, 2.75) is 73.8 Å². The molecular weight excluding hydrogens is 592 g/mol. The Morgan fingerprint density at radius 3 is 2.23 bits per heavy atom. The summed E-state index contributed by atoms with van der Waals surface area (Å²) in [5, 5.41) is 13.5. The van der Waals surface area contributed by atoms with Gasteiger partial charge in [-0.3, -0.25) is 4.79 Å². The van der Waals surface area contributed by atoms with Crippen LogP contribution < -0.4 is 10.1 Å². The van der Waals surface area contributed by atoms with Crippen LogP contribution in [0.4, 0.5) is 4.39 Å². The minimum atomic E-state index is -0.712. The number of carbonyl (C=O) groups excluding carboxylic acids is 2. The highest BCUT2D eigenvalue weighted by atomic mass is 35.5. The van der Waals surface area contributed by atoms with E-state index in [4.69, 9.17) is 37.9 Å². The van der Waals surface area contributed by atoms with Gasteiger partial charge >= 0.3 is 5.97 Å². The molecule has 0 saturated carbocycles. The van der Waals surface area contributed by atoms with E-state index >= 15 is 0 Å². The molecule has 0 saturated heterocycles. The number of nitrogens with one attached hydrogen (secondary N) is 1. The molecule has 2 aromatic carbocycles. The Bertz CT molecular complexity index is 1540. The Labute approximate surface area is 263 Å². The first-order valence-corrected chi connectivity index (χ1v) is 14.5. The maximum Gasteiger partial charge on any atom is 0.337 e. The highest BCUT2D eigenvalue weighted by Gasteiger charge is 2.32. The molecule has 1 amide bonds. The van der Waals surface area contributed by atoms with Crippen molar-refractivity contribution in [1.29, 1.82) is 5.26 Å². The third-order valence-corrected chi connectivity index (χ3v) is 7.42. The molecule has 0 fully saturated rings. The number of rotatable bonds is 6. The Morgan fingerprint density at radius 2 is 1.72 bits per heavy atom. The van der Waals surface area contributed by atoms with Gasteiger partial charge in [0.25, 0.3) is 0 Å². The van der Waals surface area contributed by atoms with Crippen molar-refractivity contribution >= 4 is 46.0 Å². The van der Waals surface area contributed by atoms with E-state index in [-0.39, 0.29) is 29.5 Å². The van der Waals surface area contributed by atoms with E-state index in [1.807, 2.05) is 54.5 Å². The Morgan fingerprint density at radius 1 is 1.09 bits per heavy atom. The highest BCUT2D eigenvalue weighted by molar-refractivity contribution is 6.35. The first-order valence-electron chi connectivity index (χ1n) is 13.8. The van der Waals surface area contributed by atoms with E-state index in [0.29, 0.717) is 32.4 Å². The van der Waals surface area contributed by atoms with Crippen LogP contribution in [0, 0.1) is 42.3 Å². The van der Waals surface area contributed by atoms with E-state index in [9.17, 15) is 14.0 Å². The number of ether oxygens (including phenoxy) is 2. The van der Waals surface area contributed by atoms with E-state index in [0.717, 1.165) is 11.1 Å². The first kappa shape index (κ1) is 35.9. The molecule has 0 spiro atoms. The Balaban J connectivity index is 0.000000304. The summed E-state index contributed by atoms with van der Waals surface area (Å²) < 4.78 is 24.8. The standard InChI is InChI=1S/C18H22FNO3.C15H18Cl2N2O/c1-10-11(2)20-16-13(17(10)23-15(21)9-22-6)7-12(8-14(16)19)18(3,4)5;1-9(11-6-5-10(16)7-13(11)17)19-14(20)12(8-18)15(2,3)4/h7-8H,9H2,1-6H3;5-7,9,12H,1-4H3,(H,19,20)/t;9-,12?/m.1/s1. The summed E-state index contributed by atoms with van der Waals surface area (Å²) >= 11 is 12.0. The summed E-state index contributed by atoms with van der Waals surface area (Å²) in [6, 6.07) is 10.2. The van der Waals surface area contributed by atoms with E-state index in [2.05, 4.69) is 16.4 Å². The minimum absolute atomic E-state index is 0.163. The third kappa shape index (κ3) is 9.37. The van der Waals surface area contributed by atoms with Crippen molar-refractivity contribution in [1.82, 2.24) is 10.3 Å². The van der Waals surface area contributed by atoms with Crippen molar-refractivity contribution in [2.75, 3.05) is 13.7 Å². The normalized spacial score (nSPS) is 12.9. The van der Waals surface area contributed by atoms with Gasteiger partial charge in [0.2, 0.25) is 5.91 Å². The smallest absolute Gasteiger partial charge is 0.337 e. The quantitative estimate of drug-likeness (QED) is 0.275. The molecule has 0 bridgehead atoms. The van der Waals surface area contributed by atoms with E-state index in [1.54, 1.807) is 32.0 Å². The average molecular weight is 633 g/mol. The predicted molar refractivity (Wildman–Crippen MR) is 169 cm³/mol. The Hall–Kier alpha value is -3.25. The van der Waals surface area contributed by atoms with Crippen LogP contribution >= 0.6 is 23.2 Å². The van der Waals surface area contributed by atoms with Gasteiger partial charge in [-0.2, -0.15) is 5.26 Å². The van der Waals surface area contributed by atoms with Crippen LogP contribution in [-0.4, -0.2) is 30.6 Å². The van der Waals surface area contributed by atoms with Gasteiger partial charge < -0.3 is 14.8 Å². The van der Waals surface area contributed by atoms with Crippen LogP contribution in [0.1, 0.15) is 76.9 Å². The molecule has 0 aliphatic carbocycles. The van der Waals surface area contributed by atoms with Gasteiger partial charge in [-0.1, -0.05) is 70.8 Å². The molecule has 1 N–H and O–H groups in total. The van der Waals surface area contributed by atoms with Crippen LogP contribution in [0.3, 0.4) is 0 Å². The minimum Gasteiger partial charge on any atom is -0.424 e. The number of nitrogens with zero attached hydrogens (tertiary/aromatic N) is 2. The van der Waals surface area contributed by atoms with Crippen LogP contribution in [0.25, 0.3) is 10.9 Å². The van der Waals surface area contributed by atoms with E-state index in [1.165, 1.54) is 13.2 Å². The summed E-state index contributed by atoms with van der Waals surface area (Å²) in [6.45, 7) is 16.8. The number of nitriles is 1. The van der Waals surface area contributed by atoms with Gasteiger partial charge in [0, 0.05) is 33.8 Å². The second-order valence-electron chi connectivity index (χ2n) is 12.5. The number of pyridine rings is 1. The zero-order valence-electron chi connectivity index (χ0n) is 26.4. The van der Waals surface area contributed by atoms with Gasteiger partial charge in [0.05, 0.1) is 12.1 Å². The molecule has 1 unspecified atom stereocenters. The van der Waals surface area contributed by atoms with Crippen molar-refractivity contribution in [2.24, 2.45) is 11.3 Å². The fraction of sp³-hybridized carbons (Fsp3) is 0.455. The summed E-state index contributed by atoms with van der Waals surface area (Å²) in [5.74, 6) is -1.60. The highest BCUT2D eigenvalue weighted by Crippen LogP contribution is 2.35. The SMILES string of the molecule is COCC(=O)Oc1c(C)c(C)nc2c(F)cc(C(C)(C)C)cc12.C[C@@H](NC(=O)C(C#N)C(C)(C)C)c1ccc(Cl)cc1Cl. The number of hydrogen-bond donors (Lipinski definition) is 1. The number of halogens is 3. The molecule has 43 heavy (non-hydrogen) atoms. The lowest BCUT2D eigenvalue weighted by atomic mass is 9.81. The molecule has 7 nitrogen and oxygen atoms in total. The number of amides is 1. The van der Waals surface area contributed by atoms with Crippen LogP contribution in [0.5, 0.6) is 5.75 Å². The Kier molecular flexibility index (Phi) is 12.1. The zero-order chi connectivity index (χ0) is 32.9. The lowest BCUT2D eigenvalue weighted by Gasteiger charge is -2.25. The predicted octanol–water partition coefficient (Wildman–Crippen LogP) is 8.20. The topological polar surface area (TPSA) is 101 Å². The summed E-state index contributed by atoms with van der Waals surface area (Å²) in [5.41, 5.74) is 2.49. The number of benzene rings is 2. The van der Waals surface area contributed by atoms with Gasteiger partial charge in [0.15, 0.2) is 0 Å². The number of methoxy groups -OCH3 is 1. The molecule has 10 heteroatoms. The molecule has 232 valence electrons. The molecule has 0 aliphatic heterocycles. The second-order valence-corrected chi connectivity index (χ2v) is 13.3. The van der Waals surface area contributed by atoms with Crippen molar-refractivity contribution in [3.05, 3.63) is 68.6 Å².